The van der Waals surface area contributed by atoms with Crippen molar-refractivity contribution < 1.29 is 40.9 Å². The number of aliphatic hydroxyl groups excluding tert-OH is 2. The van der Waals surface area contributed by atoms with Crippen molar-refractivity contribution in [2.45, 2.75) is 114 Å². The fourth-order valence-electron chi connectivity index (χ4n) is 11.4. The van der Waals surface area contributed by atoms with Gasteiger partial charge in [0, 0.05) is 88.4 Å². The maximum atomic E-state index is 15.7. The number of fused-ring (bicyclic) bond motifs is 6. The highest BCUT2D eigenvalue weighted by Gasteiger charge is 2.44. The van der Waals surface area contributed by atoms with Gasteiger partial charge in [0.05, 0.1) is 37.3 Å². The van der Waals surface area contributed by atoms with Crippen LogP contribution < -0.4 is 10.6 Å². The first-order valence-electron chi connectivity index (χ1n) is 25.9. The lowest BCUT2D eigenvalue weighted by Gasteiger charge is -2.42. The van der Waals surface area contributed by atoms with Gasteiger partial charge in [0.2, 0.25) is 0 Å². The summed E-state index contributed by atoms with van der Waals surface area (Å²) in [4.78, 5) is 14.6. The number of nitrogens with zero attached hydrogens (tertiary/aromatic N) is 4. The number of aromatic amines is 2. The highest BCUT2D eigenvalue weighted by molar-refractivity contribution is 5.86. The lowest BCUT2D eigenvalue weighted by Crippen LogP contribution is -2.54. The molecule has 4 aliphatic heterocycles. The van der Waals surface area contributed by atoms with Gasteiger partial charge in [0.1, 0.15) is 30.7 Å². The number of benzene rings is 4. The summed E-state index contributed by atoms with van der Waals surface area (Å²) in [5.74, 6) is -7.83. The Labute approximate surface area is 422 Å². The third kappa shape index (κ3) is 11.6. The van der Waals surface area contributed by atoms with Crippen LogP contribution in [0.1, 0.15) is 99.1 Å². The van der Waals surface area contributed by atoms with E-state index in [4.69, 9.17) is 0 Å². The second kappa shape index (κ2) is 22.0. The van der Waals surface area contributed by atoms with E-state index in [1.54, 1.807) is 29.2 Å². The summed E-state index contributed by atoms with van der Waals surface area (Å²) in [6.07, 6.45) is 5.73. The molecule has 2 aromatic heterocycles. The summed E-state index contributed by atoms with van der Waals surface area (Å²) < 4.78 is 101. The summed E-state index contributed by atoms with van der Waals surface area (Å²) in [5.41, 5.74) is 7.33. The Bertz CT molecular complexity index is 2830. The zero-order valence-electron chi connectivity index (χ0n) is 42.1. The minimum atomic E-state index is -3.35. The molecule has 0 unspecified atom stereocenters. The first-order chi connectivity index (χ1) is 35.0. The Balaban J connectivity index is 0.000000180. The molecule has 2 saturated heterocycles. The number of anilines is 2. The van der Waals surface area contributed by atoms with Gasteiger partial charge in [-0.15, -0.1) is 0 Å². The average Bonchev–Trinajstić information content (AvgIpc) is 3.87. The van der Waals surface area contributed by atoms with Crippen molar-refractivity contribution in [3.05, 3.63) is 130 Å². The zero-order chi connectivity index (χ0) is 51.8. The molecule has 17 heteroatoms. The average molecular weight is 1020 g/mol. The highest BCUT2D eigenvalue weighted by Crippen LogP contribution is 2.45. The molecule has 73 heavy (non-hydrogen) atoms. The normalized spacial score (nSPS) is 21.4. The molecule has 394 valence electrons. The van der Waals surface area contributed by atoms with E-state index in [-0.39, 0.29) is 29.5 Å². The van der Waals surface area contributed by atoms with Crippen LogP contribution in [0.4, 0.5) is 42.1 Å². The van der Waals surface area contributed by atoms with Gasteiger partial charge in [0.15, 0.2) is 0 Å². The van der Waals surface area contributed by atoms with Crippen LogP contribution in [0.3, 0.4) is 0 Å². The monoisotopic (exact) mass is 1020 g/mol. The van der Waals surface area contributed by atoms with Crippen LogP contribution >= 0.6 is 0 Å². The molecule has 4 aromatic carbocycles. The van der Waals surface area contributed by atoms with E-state index < -0.39 is 61.9 Å². The molecule has 4 atom stereocenters. The largest absolute Gasteiger partial charge is 0.390 e. The van der Waals surface area contributed by atoms with Gasteiger partial charge < -0.3 is 30.8 Å². The Morgan fingerprint density at radius 1 is 0.589 bits per heavy atom. The number of aromatic nitrogens is 2. The van der Waals surface area contributed by atoms with Crippen LogP contribution in [0.2, 0.25) is 0 Å². The number of rotatable bonds is 18. The summed E-state index contributed by atoms with van der Waals surface area (Å²) in [5, 5.41) is 27.2. The highest BCUT2D eigenvalue weighted by atomic mass is 19.3. The van der Waals surface area contributed by atoms with Crippen molar-refractivity contribution in [1.29, 1.82) is 0 Å². The van der Waals surface area contributed by atoms with Crippen LogP contribution in [-0.2, 0) is 12.8 Å². The molecule has 0 aliphatic carbocycles. The number of likely N-dealkylation sites (tertiary alicyclic amines) is 2. The molecule has 0 bridgehead atoms. The maximum absolute atomic E-state index is 15.7. The molecule has 6 aromatic rings. The van der Waals surface area contributed by atoms with Crippen molar-refractivity contribution in [2.24, 2.45) is 0 Å². The van der Waals surface area contributed by atoms with Gasteiger partial charge in [0.25, 0.3) is 11.8 Å². The van der Waals surface area contributed by atoms with E-state index in [0.717, 1.165) is 91.0 Å². The van der Waals surface area contributed by atoms with Crippen LogP contribution in [0.25, 0.3) is 21.8 Å². The van der Waals surface area contributed by atoms with Crippen LogP contribution in [0.15, 0.2) is 78.9 Å². The molecule has 0 saturated carbocycles. The van der Waals surface area contributed by atoms with E-state index in [9.17, 15) is 36.6 Å². The molecule has 0 spiro atoms. The molecular formula is C56H69F7N8O2. The van der Waals surface area contributed by atoms with Gasteiger partial charge in [-0.05, 0) is 130 Å². The Morgan fingerprint density at radius 3 is 1.51 bits per heavy atom. The molecule has 4 aliphatic rings. The van der Waals surface area contributed by atoms with Crippen LogP contribution in [-0.4, -0.2) is 141 Å². The number of hydrogen-bond acceptors (Lipinski definition) is 8. The molecule has 10 nitrogen and oxygen atoms in total. The molecule has 0 amide bonds. The Hall–Kier alpha value is -5.17. The van der Waals surface area contributed by atoms with Crippen LogP contribution in [0, 0.1) is 17.5 Å². The topological polar surface area (TPSA) is 109 Å². The Kier molecular flexibility index (Phi) is 15.9. The van der Waals surface area contributed by atoms with Crippen molar-refractivity contribution in [2.75, 3.05) is 76.2 Å². The smallest absolute Gasteiger partial charge is 0.283 e. The van der Waals surface area contributed by atoms with E-state index in [0.29, 0.717) is 41.3 Å². The number of alkyl halides is 4. The van der Waals surface area contributed by atoms with Crippen LogP contribution in [0.5, 0.6) is 0 Å². The predicted octanol–water partition coefficient (Wildman–Crippen LogP) is 10.5. The zero-order valence-corrected chi connectivity index (χ0v) is 42.1. The predicted molar refractivity (Wildman–Crippen MR) is 274 cm³/mol. The molecular weight excluding hydrogens is 950 g/mol. The number of hydrogen-bond donors (Lipinski definition) is 6. The lowest BCUT2D eigenvalue weighted by atomic mass is 9.88. The molecule has 6 N–H and O–H groups in total. The maximum Gasteiger partial charge on any atom is 0.283 e. The van der Waals surface area contributed by atoms with E-state index in [2.05, 4.69) is 44.2 Å². The minimum Gasteiger partial charge on any atom is -0.390 e. The molecule has 6 heterocycles. The number of H-pyrrole nitrogens is 2. The van der Waals surface area contributed by atoms with E-state index in [1.165, 1.54) is 48.1 Å². The third-order valence-corrected chi connectivity index (χ3v) is 15.3. The van der Waals surface area contributed by atoms with Crippen molar-refractivity contribution in [3.63, 3.8) is 0 Å². The lowest BCUT2D eigenvalue weighted by molar-refractivity contribution is -0.0867. The van der Waals surface area contributed by atoms with Gasteiger partial charge in [-0.3, -0.25) is 19.6 Å². The fourth-order valence-corrected chi connectivity index (χ4v) is 11.4. The van der Waals surface area contributed by atoms with Gasteiger partial charge >= 0.3 is 0 Å². The SMILES string of the molecule is CCCCN1CC(Nc2ccc([C@@H]3c4[nH]c5cc(F)ccc5c4C[C@@H](C)N3CC(F)(F)CO)c(F)c2)C1.CCCCN1CC(Nc2ccc([C@@H]3c4[nH]c5cc(F)ccc5c4C[C@@H](C)N3CC(F)(F)CO)cc2)C1. The van der Waals surface area contributed by atoms with Crippen molar-refractivity contribution in [1.82, 2.24) is 29.6 Å². The standard InChI is InChI=1S/C28H34F4N4O.C28H35F3N4O/c1-3-4-9-35-13-20(14-35)33-19-6-8-22(24(30)12-19)27-26-23(21-7-5-18(29)11-25(21)34-26)10-17(2)36(27)15-28(31,32)16-37;1-3-4-11-34-14-22(15-34)32-21-8-5-19(6-9-21)27-26-24(23-10-7-20(29)13-25(23)33-26)12-18(2)35(27)16-28(30,31)17-36/h5-8,11-12,17,20,27,33-34,37H,3-4,9-10,13-16H2,1-2H3;5-10,13,18,22,27,32-33,36H,3-4,11-12,14-17H2,1-2H3/t17-,27-;18-,27-/m11/s1. The number of halogens is 7. The molecule has 2 fully saturated rings. The van der Waals surface area contributed by atoms with Gasteiger partial charge in [-0.1, -0.05) is 44.9 Å². The summed E-state index contributed by atoms with van der Waals surface area (Å²) in [6.45, 7) is 10.4. The summed E-state index contributed by atoms with van der Waals surface area (Å²) >= 11 is 0. The quantitative estimate of drug-likeness (QED) is 0.0473. The van der Waals surface area contributed by atoms with Crippen molar-refractivity contribution >= 4 is 33.2 Å². The second-order valence-corrected chi connectivity index (χ2v) is 21.0. The van der Waals surface area contributed by atoms with Gasteiger partial charge in [-0.2, -0.15) is 0 Å². The third-order valence-electron chi connectivity index (χ3n) is 15.3. The molecule has 10 rings (SSSR count). The summed E-state index contributed by atoms with van der Waals surface area (Å²) in [7, 11) is 0. The first kappa shape index (κ1) is 52.7. The summed E-state index contributed by atoms with van der Waals surface area (Å²) in [6, 6.07) is 20.7. The number of unbranched alkanes of at least 4 members (excludes halogenated alkanes) is 2. The van der Waals surface area contributed by atoms with Crippen molar-refractivity contribution in [3.8, 4) is 0 Å². The number of aliphatic hydroxyl groups is 2. The minimum absolute atomic E-state index is 0.189. The first-order valence-corrected chi connectivity index (χ1v) is 25.9. The van der Waals surface area contributed by atoms with Gasteiger partial charge in [-0.25, -0.2) is 30.7 Å². The Morgan fingerprint density at radius 2 is 1.04 bits per heavy atom. The van der Waals surface area contributed by atoms with E-state index >= 15 is 4.39 Å². The number of nitrogens with one attached hydrogen (secondary N) is 4. The fraction of sp³-hybridized carbons (Fsp3) is 0.500. The second-order valence-electron chi connectivity index (χ2n) is 21.0. The molecule has 0 radical (unpaired) electrons. The van der Waals surface area contributed by atoms with E-state index in [1.807, 2.05) is 38.1 Å².